The molecule has 0 heterocycles. The lowest BCUT2D eigenvalue weighted by molar-refractivity contribution is -0.118. The Morgan fingerprint density at radius 2 is 1.59 bits per heavy atom. The summed E-state index contributed by atoms with van der Waals surface area (Å²) in [5.41, 5.74) is 1.43. The van der Waals surface area contributed by atoms with Gasteiger partial charge in [0.15, 0.2) is 6.61 Å². The lowest BCUT2D eigenvalue weighted by atomic mass is 10.1. The van der Waals surface area contributed by atoms with E-state index in [0.29, 0.717) is 17.9 Å². The Morgan fingerprint density at radius 3 is 2.34 bits per heavy atom. The molecule has 0 aliphatic rings. The fourth-order valence-electron chi connectivity index (χ4n) is 2.80. The summed E-state index contributed by atoms with van der Waals surface area (Å²) in [7, 11) is 1.71. The molecule has 3 aromatic rings. The van der Waals surface area contributed by atoms with Crippen molar-refractivity contribution in [3.05, 3.63) is 95.8 Å². The number of anilines is 1. The van der Waals surface area contributed by atoms with E-state index in [1.807, 2.05) is 30.3 Å². The monoisotopic (exact) mass is 392 g/mol. The smallest absolute Gasteiger partial charge is 0.262 e. The highest BCUT2D eigenvalue weighted by Crippen LogP contribution is 2.21. The molecule has 0 aliphatic carbocycles. The van der Waals surface area contributed by atoms with Crippen LogP contribution in [0.4, 0.5) is 10.1 Å². The molecule has 0 bridgehead atoms. The number of para-hydroxylation sites is 2. The molecule has 3 rings (SSSR count). The maximum Gasteiger partial charge on any atom is 0.262 e. The minimum Gasteiger partial charge on any atom is -0.483 e. The molecule has 0 unspecified atom stereocenters. The minimum atomic E-state index is -0.529. The van der Waals surface area contributed by atoms with Crippen LogP contribution in [-0.2, 0) is 11.3 Å². The first kappa shape index (κ1) is 20.1. The van der Waals surface area contributed by atoms with Gasteiger partial charge in [-0.3, -0.25) is 9.59 Å². The lowest BCUT2D eigenvalue weighted by Gasteiger charge is -2.19. The zero-order valence-electron chi connectivity index (χ0n) is 16.0. The van der Waals surface area contributed by atoms with Gasteiger partial charge in [-0.25, -0.2) is 4.39 Å². The number of hydrogen-bond acceptors (Lipinski definition) is 3. The summed E-state index contributed by atoms with van der Waals surface area (Å²) in [4.78, 5) is 26.5. The number of hydrogen-bond donors (Lipinski definition) is 1. The van der Waals surface area contributed by atoms with Gasteiger partial charge in [0.1, 0.15) is 11.6 Å². The molecule has 5 nitrogen and oxygen atoms in total. The van der Waals surface area contributed by atoms with Gasteiger partial charge in [0, 0.05) is 13.6 Å². The van der Waals surface area contributed by atoms with Crippen molar-refractivity contribution >= 4 is 17.5 Å². The molecule has 0 atom stereocenters. The number of amides is 2. The van der Waals surface area contributed by atoms with Crippen LogP contribution in [0.1, 0.15) is 15.9 Å². The molecule has 0 spiro atoms. The summed E-state index contributed by atoms with van der Waals surface area (Å²) >= 11 is 0. The molecule has 6 heteroatoms. The molecule has 0 radical (unpaired) electrons. The van der Waals surface area contributed by atoms with Gasteiger partial charge in [0.25, 0.3) is 11.8 Å². The number of carbonyl (C=O) groups is 2. The fourth-order valence-corrected chi connectivity index (χ4v) is 2.80. The molecule has 148 valence electrons. The summed E-state index contributed by atoms with van der Waals surface area (Å²) in [5, 5.41) is 2.45. The maximum atomic E-state index is 13.6. The van der Waals surface area contributed by atoms with Crippen LogP contribution >= 0.6 is 0 Å². The molecule has 0 aliphatic heterocycles. The number of nitrogens with one attached hydrogen (secondary N) is 1. The van der Waals surface area contributed by atoms with E-state index < -0.39 is 11.7 Å². The quantitative estimate of drug-likeness (QED) is 0.658. The average Bonchev–Trinajstić information content (AvgIpc) is 2.74. The van der Waals surface area contributed by atoms with E-state index >= 15 is 0 Å². The number of benzene rings is 3. The van der Waals surface area contributed by atoms with Gasteiger partial charge in [0.05, 0.1) is 11.3 Å². The van der Waals surface area contributed by atoms with Gasteiger partial charge in [0.2, 0.25) is 0 Å². The molecule has 1 N–H and O–H groups in total. The van der Waals surface area contributed by atoms with Crippen molar-refractivity contribution in [3.8, 4) is 5.75 Å². The van der Waals surface area contributed by atoms with Gasteiger partial charge in [-0.1, -0.05) is 54.6 Å². The molecule has 29 heavy (non-hydrogen) atoms. The number of halogens is 1. The minimum absolute atomic E-state index is 0.0769. The SMILES string of the molecule is CN(Cc1ccccc1)C(=O)c1ccccc1OCC(=O)Nc1ccccc1F. The summed E-state index contributed by atoms with van der Waals surface area (Å²) in [6.07, 6.45) is 0. The Kier molecular flexibility index (Phi) is 6.58. The highest BCUT2D eigenvalue weighted by Gasteiger charge is 2.17. The topological polar surface area (TPSA) is 58.6 Å². The van der Waals surface area contributed by atoms with Crippen LogP contribution in [0.2, 0.25) is 0 Å². The molecule has 0 fully saturated rings. The second-order valence-electron chi connectivity index (χ2n) is 6.46. The Labute approximate surface area is 168 Å². The summed E-state index contributed by atoms with van der Waals surface area (Å²) in [5.74, 6) is -0.978. The van der Waals surface area contributed by atoms with Gasteiger partial charge < -0.3 is 15.0 Å². The molecule has 0 saturated carbocycles. The van der Waals surface area contributed by atoms with Crippen LogP contribution in [0.25, 0.3) is 0 Å². The number of carbonyl (C=O) groups excluding carboxylic acids is 2. The second-order valence-corrected chi connectivity index (χ2v) is 6.46. The van der Waals surface area contributed by atoms with Crippen LogP contribution in [-0.4, -0.2) is 30.4 Å². The maximum absolute atomic E-state index is 13.6. The number of ether oxygens (including phenoxy) is 1. The molecular weight excluding hydrogens is 371 g/mol. The summed E-state index contributed by atoms with van der Waals surface area (Å²) in [6, 6.07) is 22.2. The molecule has 0 aromatic heterocycles. The fraction of sp³-hybridized carbons (Fsp3) is 0.130. The predicted molar refractivity (Wildman–Crippen MR) is 109 cm³/mol. The molecule has 2 amide bonds. The largest absolute Gasteiger partial charge is 0.483 e. The average molecular weight is 392 g/mol. The van der Waals surface area contributed by atoms with Crippen molar-refractivity contribution in [1.29, 1.82) is 0 Å². The molecular formula is C23H21FN2O3. The lowest BCUT2D eigenvalue weighted by Crippen LogP contribution is -2.27. The highest BCUT2D eigenvalue weighted by molar-refractivity contribution is 5.97. The number of rotatable bonds is 7. The Bertz CT molecular complexity index is 992. The Morgan fingerprint density at radius 1 is 0.931 bits per heavy atom. The normalized spacial score (nSPS) is 10.3. The first-order chi connectivity index (χ1) is 14.0. The first-order valence-corrected chi connectivity index (χ1v) is 9.10. The van der Waals surface area contributed by atoms with Crippen molar-refractivity contribution in [2.45, 2.75) is 6.54 Å². The van der Waals surface area contributed by atoms with Crippen molar-refractivity contribution in [2.75, 3.05) is 19.0 Å². The van der Waals surface area contributed by atoms with E-state index in [4.69, 9.17) is 4.74 Å². The second kappa shape index (κ2) is 9.50. The van der Waals surface area contributed by atoms with E-state index in [1.54, 1.807) is 42.3 Å². The first-order valence-electron chi connectivity index (χ1n) is 9.10. The van der Waals surface area contributed by atoms with E-state index in [2.05, 4.69) is 5.32 Å². The van der Waals surface area contributed by atoms with E-state index in [1.165, 1.54) is 18.2 Å². The summed E-state index contributed by atoms with van der Waals surface area (Å²) < 4.78 is 19.2. The van der Waals surface area contributed by atoms with Crippen molar-refractivity contribution in [1.82, 2.24) is 4.90 Å². The van der Waals surface area contributed by atoms with Gasteiger partial charge >= 0.3 is 0 Å². The van der Waals surface area contributed by atoms with Crippen molar-refractivity contribution in [3.63, 3.8) is 0 Å². The van der Waals surface area contributed by atoms with Crippen LogP contribution in [0.3, 0.4) is 0 Å². The van der Waals surface area contributed by atoms with Crippen LogP contribution in [0.15, 0.2) is 78.9 Å². The summed E-state index contributed by atoms with van der Waals surface area (Å²) in [6.45, 7) is 0.100. The predicted octanol–water partition coefficient (Wildman–Crippen LogP) is 4.12. The highest BCUT2D eigenvalue weighted by atomic mass is 19.1. The molecule has 0 saturated heterocycles. The van der Waals surface area contributed by atoms with Gasteiger partial charge in [-0.05, 0) is 29.8 Å². The van der Waals surface area contributed by atoms with E-state index in [-0.39, 0.29) is 18.2 Å². The van der Waals surface area contributed by atoms with Crippen molar-refractivity contribution < 1.29 is 18.7 Å². The van der Waals surface area contributed by atoms with Gasteiger partial charge in [-0.2, -0.15) is 0 Å². The van der Waals surface area contributed by atoms with E-state index in [9.17, 15) is 14.0 Å². The van der Waals surface area contributed by atoms with Crippen LogP contribution in [0.5, 0.6) is 5.75 Å². The van der Waals surface area contributed by atoms with Gasteiger partial charge in [-0.15, -0.1) is 0 Å². The number of nitrogens with zero attached hydrogens (tertiary/aromatic N) is 1. The zero-order valence-corrected chi connectivity index (χ0v) is 16.0. The van der Waals surface area contributed by atoms with E-state index in [0.717, 1.165) is 5.56 Å². The van der Waals surface area contributed by atoms with Crippen molar-refractivity contribution in [2.24, 2.45) is 0 Å². The Hall–Kier alpha value is -3.67. The van der Waals surface area contributed by atoms with Crippen LogP contribution in [0, 0.1) is 5.82 Å². The third-order valence-corrected chi connectivity index (χ3v) is 4.23. The standard InChI is InChI=1S/C23H21FN2O3/c1-26(15-17-9-3-2-4-10-17)23(28)18-11-5-8-14-21(18)29-16-22(27)25-20-13-7-6-12-19(20)24/h2-14H,15-16H2,1H3,(H,25,27). The zero-order chi connectivity index (χ0) is 20.6. The van der Waals surface area contributed by atoms with Crippen LogP contribution < -0.4 is 10.1 Å². The third-order valence-electron chi connectivity index (χ3n) is 4.23. The third kappa shape index (κ3) is 5.42. The molecule has 3 aromatic carbocycles. The Balaban J connectivity index is 1.64.